The second-order valence-corrected chi connectivity index (χ2v) is 13.0. The zero-order valence-corrected chi connectivity index (χ0v) is 27.1. The predicted octanol–water partition coefficient (Wildman–Crippen LogP) is 14.4. The molecule has 51 heavy (non-hydrogen) atoms. The highest BCUT2D eigenvalue weighted by atomic mass is 16.3. The van der Waals surface area contributed by atoms with Crippen LogP contribution in [0.3, 0.4) is 0 Å². The molecule has 10 aromatic carbocycles. The standard InChI is InChI=1S/C50H30O/c1-2-15-33-30-47-45(28-32(33)14-1)50-38(24-12-26-46(50)51-47)35-27-34-16-4-6-19-37(34)44(29-35)49-42-22-9-7-20-40(42)48(41-21-8-10-23-43(41)49)39-25-11-17-31-13-3-5-18-36(31)39/h1-30H/i7D,8D,9D,10D,20D,21D,22D,23D. The first-order valence-corrected chi connectivity index (χ1v) is 16.9. The highest BCUT2D eigenvalue weighted by molar-refractivity contribution is 6.26. The van der Waals surface area contributed by atoms with Gasteiger partial charge in [0.15, 0.2) is 0 Å². The minimum atomic E-state index is -0.435. The summed E-state index contributed by atoms with van der Waals surface area (Å²) in [5, 5.41) is 7.99. The van der Waals surface area contributed by atoms with Gasteiger partial charge in [-0.05, 0) is 118 Å². The maximum atomic E-state index is 9.61. The summed E-state index contributed by atoms with van der Waals surface area (Å²) in [6.45, 7) is 0. The second kappa shape index (κ2) is 10.9. The van der Waals surface area contributed by atoms with Crippen LogP contribution >= 0.6 is 0 Å². The average molecular weight is 655 g/mol. The lowest BCUT2D eigenvalue weighted by molar-refractivity contribution is 0.669. The molecule has 0 bridgehead atoms. The van der Waals surface area contributed by atoms with Crippen LogP contribution in [0.5, 0.6) is 0 Å². The van der Waals surface area contributed by atoms with Crippen LogP contribution in [-0.4, -0.2) is 0 Å². The van der Waals surface area contributed by atoms with E-state index in [-0.39, 0.29) is 45.7 Å². The third kappa shape index (κ3) is 4.22. The molecule has 11 aromatic rings. The van der Waals surface area contributed by atoms with E-state index in [0.717, 1.165) is 59.8 Å². The van der Waals surface area contributed by atoms with Crippen LogP contribution < -0.4 is 0 Å². The van der Waals surface area contributed by atoms with Crippen LogP contribution in [0.25, 0.3) is 109 Å². The molecule has 0 saturated heterocycles. The van der Waals surface area contributed by atoms with Crippen molar-refractivity contribution in [3.05, 3.63) is 182 Å². The van der Waals surface area contributed by atoms with Gasteiger partial charge in [0, 0.05) is 10.8 Å². The summed E-state index contributed by atoms with van der Waals surface area (Å²) in [7, 11) is 0. The quantitative estimate of drug-likeness (QED) is 0.173. The third-order valence-electron chi connectivity index (χ3n) is 10.2. The monoisotopic (exact) mass is 654 g/mol. The Morgan fingerprint density at radius 3 is 1.59 bits per heavy atom. The van der Waals surface area contributed by atoms with E-state index in [4.69, 9.17) is 9.90 Å². The first-order valence-electron chi connectivity index (χ1n) is 20.9. The molecule has 0 saturated carbocycles. The van der Waals surface area contributed by atoms with Gasteiger partial charge in [0.2, 0.25) is 0 Å². The van der Waals surface area contributed by atoms with Crippen molar-refractivity contribution in [2.24, 2.45) is 0 Å². The molecule has 1 nitrogen and oxygen atoms in total. The van der Waals surface area contributed by atoms with Gasteiger partial charge in [-0.3, -0.25) is 0 Å². The zero-order valence-electron chi connectivity index (χ0n) is 35.1. The fourth-order valence-electron chi connectivity index (χ4n) is 8.03. The molecule has 0 N–H and O–H groups in total. The number of benzene rings is 10. The Morgan fingerprint density at radius 1 is 0.353 bits per heavy atom. The molecule has 0 aliphatic rings. The van der Waals surface area contributed by atoms with E-state index in [1.807, 2.05) is 103 Å². The summed E-state index contributed by atoms with van der Waals surface area (Å²) in [4.78, 5) is 0. The molecule has 236 valence electrons. The van der Waals surface area contributed by atoms with E-state index in [2.05, 4.69) is 30.3 Å². The minimum Gasteiger partial charge on any atom is -0.456 e. The molecule has 0 unspecified atom stereocenters. The molecule has 1 aromatic heterocycles. The second-order valence-electron chi connectivity index (χ2n) is 13.0. The lowest BCUT2D eigenvalue weighted by Gasteiger charge is -2.20. The molecular formula is C50H30O. The Balaban J connectivity index is 1.36. The maximum Gasteiger partial charge on any atom is 0.136 e. The average Bonchev–Trinajstić information content (AvgIpc) is 3.64. The van der Waals surface area contributed by atoms with Crippen LogP contribution in [0.4, 0.5) is 0 Å². The molecule has 0 amide bonds. The summed E-state index contributed by atoms with van der Waals surface area (Å²) in [6, 6.07) is 40.6. The van der Waals surface area contributed by atoms with Crippen molar-refractivity contribution in [1.82, 2.24) is 0 Å². The molecule has 0 aliphatic heterocycles. The van der Waals surface area contributed by atoms with E-state index >= 15 is 0 Å². The molecule has 11 rings (SSSR count). The van der Waals surface area contributed by atoms with Crippen molar-refractivity contribution < 1.29 is 15.4 Å². The molecule has 0 spiro atoms. The largest absolute Gasteiger partial charge is 0.456 e. The van der Waals surface area contributed by atoms with E-state index in [1.165, 1.54) is 0 Å². The number of hydrogen-bond donors (Lipinski definition) is 0. The molecule has 1 heteroatoms. The van der Waals surface area contributed by atoms with Gasteiger partial charge in [0.1, 0.15) is 11.2 Å². The summed E-state index contributed by atoms with van der Waals surface area (Å²) in [6.07, 6.45) is 0. The summed E-state index contributed by atoms with van der Waals surface area (Å²) in [5.41, 5.74) is 4.96. The Morgan fingerprint density at radius 2 is 0.882 bits per heavy atom. The van der Waals surface area contributed by atoms with E-state index < -0.39 is 24.2 Å². The molecule has 0 radical (unpaired) electrons. The molecule has 0 aliphatic carbocycles. The van der Waals surface area contributed by atoms with Gasteiger partial charge in [-0.1, -0.05) is 151 Å². The SMILES string of the molecule is [2H]c1c([2H])c([2H])c2c(-c3cc(-c4cccc5oc6cc7ccccc7cc6c45)cc4ccccc34)c3c([2H])c([2H])c([2H])c([2H])c3c(-c3cccc4ccccc34)c2c1[2H]. The number of rotatable bonds is 3. The Bertz CT molecular complexity index is 3580. The van der Waals surface area contributed by atoms with Crippen molar-refractivity contribution in [2.45, 2.75) is 0 Å². The van der Waals surface area contributed by atoms with Gasteiger partial charge >= 0.3 is 0 Å². The van der Waals surface area contributed by atoms with Gasteiger partial charge in [-0.15, -0.1) is 0 Å². The normalized spacial score (nSPS) is 14.1. The molecule has 0 atom stereocenters. The van der Waals surface area contributed by atoms with Gasteiger partial charge in [0.25, 0.3) is 0 Å². The van der Waals surface area contributed by atoms with Crippen molar-refractivity contribution in [3.8, 4) is 33.4 Å². The van der Waals surface area contributed by atoms with E-state index in [1.54, 1.807) is 0 Å². The van der Waals surface area contributed by atoms with Gasteiger partial charge in [0.05, 0.1) is 11.0 Å². The van der Waals surface area contributed by atoms with Gasteiger partial charge in [-0.25, -0.2) is 0 Å². The van der Waals surface area contributed by atoms with Gasteiger partial charge < -0.3 is 4.42 Å². The summed E-state index contributed by atoms with van der Waals surface area (Å²) >= 11 is 0. The summed E-state index contributed by atoms with van der Waals surface area (Å²) in [5.74, 6) is 0. The molecule has 0 fully saturated rings. The third-order valence-corrected chi connectivity index (χ3v) is 10.2. The van der Waals surface area contributed by atoms with Crippen LogP contribution in [0.1, 0.15) is 11.0 Å². The van der Waals surface area contributed by atoms with Crippen molar-refractivity contribution in [3.63, 3.8) is 0 Å². The topological polar surface area (TPSA) is 13.1 Å². The predicted molar refractivity (Wildman–Crippen MR) is 218 cm³/mol. The Hall–Kier alpha value is -6.70. The number of furan rings is 1. The van der Waals surface area contributed by atoms with E-state index in [0.29, 0.717) is 27.8 Å². The van der Waals surface area contributed by atoms with Crippen LogP contribution in [0.2, 0.25) is 0 Å². The van der Waals surface area contributed by atoms with Crippen molar-refractivity contribution in [1.29, 1.82) is 0 Å². The zero-order chi connectivity index (χ0) is 40.4. The van der Waals surface area contributed by atoms with Crippen molar-refractivity contribution in [2.75, 3.05) is 0 Å². The summed E-state index contributed by atoms with van der Waals surface area (Å²) < 4.78 is 80.6. The molecule has 1 heterocycles. The highest BCUT2D eigenvalue weighted by Gasteiger charge is 2.21. The minimum absolute atomic E-state index is 0.178. The smallest absolute Gasteiger partial charge is 0.136 e. The molecular weight excluding hydrogens is 617 g/mol. The fourth-order valence-corrected chi connectivity index (χ4v) is 8.03. The first-order chi connectivity index (χ1) is 28.6. The van der Waals surface area contributed by atoms with Crippen LogP contribution in [0, 0.1) is 0 Å². The Labute approximate surface area is 305 Å². The van der Waals surface area contributed by atoms with Gasteiger partial charge in [-0.2, -0.15) is 0 Å². The van der Waals surface area contributed by atoms with Crippen molar-refractivity contribution >= 4 is 75.8 Å². The maximum absolute atomic E-state index is 9.61. The Kier molecular flexibility index (Phi) is 4.57. The fraction of sp³-hybridized carbons (Fsp3) is 0. The number of hydrogen-bond acceptors (Lipinski definition) is 1. The van der Waals surface area contributed by atoms with Crippen LogP contribution in [0.15, 0.2) is 186 Å². The lowest BCUT2D eigenvalue weighted by atomic mass is 9.83. The van der Waals surface area contributed by atoms with Crippen LogP contribution in [-0.2, 0) is 0 Å². The lowest BCUT2D eigenvalue weighted by Crippen LogP contribution is -1.93. The van der Waals surface area contributed by atoms with E-state index in [9.17, 15) is 5.48 Å². The number of fused-ring (bicyclic) bond motifs is 8. The highest BCUT2D eigenvalue weighted by Crippen LogP contribution is 2.48. The first kappa shape index (κ1) is 21.4.